The molecular formula is C21H24N4O. The average molecular weight is 348 g/mol. The Balaban J connectivity index is 1.53. The predicted octanol–water partition coefficient (Wildman–Crippen LogP) is 3.58. The first kappa shape index (κ1) is 16.6. The van der Waals surface area contributed by atoms with Crippen molar-refractivity contribution in [3.63, 3.8) is 0 Å². The fraction of sp³-hybridized carbons (Fsp3) is 0.333. The zero-order valence-corrected chi connectivity index (χ0v) is 15.3. The second-order valence-corrected chi connectivity index (χ2v) is 7.02. The van der Waals surface area contributed by atoms with E-state index in [-0.39, 0.29) is 5.91 Å². The van der Waals surface area contributed by atoms with Crippen molar-refractivity contribution in [2.24, 2.45) is 0 Å². The van der Waals surface area contributed by atoms with Crippen LogP contribution in [-0.4, -0.2) is 46.5 Å². The summed E-state index contributed by atoms with van der Waals surface area (Å²) >= 11 is 0. The lowest BCUT2D eigenvalue weighted by Crippen LogP contribution is -2.49. The lowest BCUT2D eigenvalue weighted by molar-refractivity contribution is 0.0748. The first-order chi connectivity index (χ1) is 12.6. The summed E-state index contributed by atoms with van der Waals surface area (Å²) in [5.41, 5.74) is 1.92. The van der Waals surface area contributed by atoms with Gasteiger partial charge in [0.05, 0.1) is 0 Å². The Bertz CT molecular complexity index is 908. The standard InChI is InChI=1S/C21H24N4O/c1-16(2)25-11-9-17-18(6-5-7-19(17)25)21(26)24-14-12-23(13-15-24)20-8-3-4-10-22-20/h3-11,16H,12-15H2,1-2H3. The summed E-state index contributed by atoms with van der Waals surface area (Å²) in [6.45, 7) is 7.38. The third-order valence-corrected chi connectivity index (χ3v) is 5.09. The molecule has 4 rings (SSSR count). The van der Waals surface area contributed by atoms with Gasteiger partial charge in [-0.1, -0.05) is 12.1 Å². The van der Waals surface area contributed by atoms with Crippen molar-refractivity contribution in [1.82, 2.24) is 14.5 Å². The molecule has 0 bridgehead atoms. The first-order valence-electron chi connectivity index (χ1n) is 9.20. The Labute approximate surface area is 153 Å². The zero-order valence-electron chi connectivity index (χ0n) is 15.3. The molecule has 0 unspecified atom stereocenters. The van der Waals surface area contributed by atoms with Crippen molar-refractivity contribution in [2.45, 2.75) is 19.9 Å². The summed E-state index contributed by atoms with van der Waals surface area (Å²) in [4.78, 5) is 21.7. The Morgan fingerprint density at radius 1 is 1.00 bits per heavy atom. The fourth-order valence-electron chi connectivity index (χ4n) is 3.68. The van der Waals surface area contributed by atoms with E-state index in [2.05, 4.69) is 46.6 Å². The Hall–Kier alpha value is -2.82. The smallest absolute Gasteiger partial charge is 0.254 e. The van der Waals surface area contributed by atoms with Crippen molar-refractivity contribution in [3.05, 3.63) is 60.4 Å². The molecule has 5 nitrogen and oxygen atoms in total. The molecule has 0 saturated carbocycles. The number of piperazine rings is 1. The molecule has 1 aliphatic heterocycles. The number of hydrogen-bond donors (Lipinski definition) is 0. The van der Waals surface area contributed by atoms with Gasteiger partial charge in [0, 0.05) is 61.1 Å². The van der Waals surface area contributed by atoms with Crippen molar-refractivity contribution >= 4 is 22.6 Å². The van der Waals surface area contributed by atoms with E-state index >= 15 is 0 Å². The summed E-state index contributed by atoms with van der Waals surface area (Å²) < 4.78 is 2.21. The molecule has 1 fully saturated rings. The van der Waals surface area contributed by atoms with Crippen LogP contribution in [0.5, 0.6) is 0 Å². The second kappa shape index (κ2) is 6.83. The molecule has 3 aromatic rings. The number of carbonyl (C=O) groups excluding carboxylic acids is 1. The van der Waals surface area contributed by atoms with Crippen LogP contribution in [0.1, 0.15) is 30.2 Å². The van der Waals surface area contributed by atoms with E-state index in [4.69, 9.17) is 0 Å². The summed E-state index contributed by atoms with van der Waals surface area (Å²) in [5, 5.41) is 1.04. The molecule has 0 N–H and O–H groups in total. The van der Waals surface area contributed by atoms with Crippen LogP contribution in [0.15, 0.2) is 54.9 Å². The topological polar surface area (TPSA) is 41.4 Å². The summed E-state index contributed by atoms with van der Waals surface area (Å²) in [6, 6.07) is 14.4. The van der Waals surface area contributed by atoms with Gasteiger partial charge in [-0.25, -0.2) is 4.98 Å². The first-order valence-corrected chi connectivity index (χ1v) is 9.20. The van der Waals surface area contributed by atoms with Crippen LogP contribution in [0.2, 0.25) is 0 Å². The van der Waals surface area contributed by atoms with Gasteiger partial charge in [0.1, 0.15) is 5.82 Å². The van der Waals surface area contributed by atoms with Crippen LogP contribution in [-0.2, 0) is 0 Å². The molecule has 1 amide bonds. The molecule has 2 aromatic heterocycles. The molecule has 0 radical (unpaired) electrons. The molecule has 0 atom stereocenters. The monoisotopic (exact) mass is 348 g/mol. The maximum absolute atomic E-state index is 13.1. The van der Waals surface area contributed by atoms with Gasteiger partial charge in [0.15, 0.2) is 0 Å². The number of aromatic nitrogens is 2. The molecule has 3 heterocycles. The maximum Gasteiger partial charge on any atom is 0.254 e. The summed E-state index contributed by atoms with van der Waals surface area (Å²) in [5.74, 6) is 1.11. The van der Waals surface area contributed by atoms with Crippen LogP contribution in [0, 0.1) is 0 Å². The molecule has 0 aliphatic carbocycles. The van der Waals surface area contributed by atoms with Crippen molar-refractivity contribution in [3.8, 4) is 0 Å². The highest BCUT2D eigenvalue weighted by Crippen LogP contribution is 2.25. The quantitative estimate of drug-likeness (QED) is 0.726. The number of anilines is 1. The molecule has 1 aliphatic rings. The second-order valence-electron chi connectivity index (χ2n) is 7.02. The molecular weight excluding hydrogens is 324 g/mol. The van der Waals surface area contributed by atoms with Crippen LogP contribution >= 0.6 is 0 Å². The SMILES string of the molecule is CC(C)n1ccc2c(C(=O)N3CCN(c4ccccn4)CC3)cccc21. The van der Waals surface area contributed by atoms with Crippen LogP contribution in [0.3, 0.4) is 0 Å². The minimum atomic E-state index is 0.123. The normalized spacial score (nSPS) is 15.0. The Morgan fingerprint density at radius 2 is 1.81 bits per heavy atom. The number of hydrogen-bond acceptors (Lipinski definition) is 3. The number of carbonyl (C=O) groups is 1. The van der Waals surface area contributed by atoms with Crippen molar-refractivity contribution in [2.75, 3.05) is 31.1 Å². The lowest BCUT2D eigenvalue weighted by Gasteiger charge is -2.35. The molecule has 1 aromatic carbocycles. The number of fused-ring (bicyclic) bond motifs is 1. The van der Waals surface area contributed by atoms with Gasteiger partial charge in [-0.15, -0.1) is 0 Å². The zero-order chi connectivity index (χ0) is 18.1. The number of pyridine rings is 1. The highest BCUT2D eigenvalue weighted by Gasteiger charge is 2.24. The van der Waals surface area contributed by atoms with Gasteiger partial charge in [0.25, 0.3) is 5.91 Å². The Kier molecular flexibility index (Phi) is 4.37. The molecule has 5 heteroatoms. The van der Waals surface area contributed by atoms with Gasteiger partial charge >= 0.3 is 0 Å². The van der Waals surface area contributed by atoms with Crippen LogP contribution < -0.4 is 4.90 Å². The number of nitrogens with zero attached hydrogens (tertiary/aromatic N) is 4. The minimum absolute atomic E-state index is 0.123. The van der Waals surface area contributed by atoms with E-state index in [1.807, 2.05) is 41.4 Å². The third-order valence-electron chi connectivity index (χ3n) is 5.09. The van der Waals surface area contributed by atoms with Crippen molar-refractivity contribution < 1.29 is 4.79 Å². The van der Waals surface area contributed by atoms with Gasteiger partial charge < -0.3 is 14.4 Å². The van der Waals surface area contributed by atoms with Gasteiger partial charge in [0.2, 0.25) is 0 Å². The molecule has 1 saturated heterocycles. The van der Waals surface area contributed by atoms with E-state index in [0.717, 1.165) is 48.5 Å². The molecule has 134 valence electrons. The van der Waals surface area contributed by atoms with E-state index in [1.165, 1.54) is 0 Å². The summed E-state index contributed by atoms with van der Waals surface area (Å²) in [6.07, 6.45) is 3.89. The average Bonchev–Trinajstić information content (AvgIpc) is 3.13. The Morgan fingerprint density at radius 3 is 2.50 bits per heavy atom. The maximum atomic E-state index is 13.1. The van der Waals surface area contributed by atoms with Crippen molar-refractivity contribution in [1.29, 1.82) is 0 Å². The molecule has 26 heavy (non-hydrogen) atoms. The number of benzene rings is 1. The van der Waals surface area contributed by atoms with E-state index in [1.54, 1.807) is 0 Å². The lowest BCUT2D eigenvalue weighted by atomic mass is 10.1. The van der Waals surface area contributed by atoms with E-state index in [9.17, 15) is 4.79 Å². The highest BCUT2D eigenvalue weighted by atomic mass is 16.2. The van der Waals surface area contributed by atoms with Crippen LogP contribution in [0.4, 0.5) is 5.82 Å². The summed E-state index contributed by atoms with van der Waals surface area (Å²) in [7, 11) is 0. The van der Waals surface area contributed by atoms with Gasteiger partial charge in [-0.2, -0.15) is 0 Å². The fourth-order valence-corrected chi connectivity index (χ4v) is 3.68. The third kappa shape index (κ3) is 2.94. The van der Waals surface area contributed by atoms with Crippen LogP contribution in [0.25, 0.3) is 10.9 Å². The van der Waals surface area contributed by atoms with E-state index in [0.29, 0.717) is 6.04 Å². The predicted molar refractivity (Wildman–Crippen MR) is 105 cm³/mol. The van der Waals surface area contributed by atoms with Gasteiger partial charge in [-0.3, -0.25) is 4.79 Å². The number of amides is 1. The number of rotatable bonds is 3. The largest absolute Gasteiger partial charge is 0.353 e. The minimum Gasteiger partial charge on any atom is -0.353 e. The molecule has 0 spiro atoms. The van der Waals surface area contributed by atoms with E-state index < -0.39 is 0 Å². The van der Waals surface area contributed by atoms with Gasteiger partial charge in [-0.05, 0) is 44.2 Å². The highest BCUT2D eigenvalue weighted by molar-refractivity contribution is 6.06.